The van der Waals surface area contributed by atoms with Gasteiger partial charge in [0.2, 0.25) is 0 Å². The Hall–Kier alpha value is -2.63. The van der Waals surface area contributed by atoms with Gasteiger partial charge in [-0.15, -0.1) is 0 Å². The van der Waals surface area contributed by atoms with E-state index in [4.69, 9.17) is 9.52 Å². The Morgan fingerprint density at radius 3 is 2.50 bits per heavy atom. The lowest BCUT2D eigenvalue weighted by Gasteiger charge is -2.02. The van der Waals surface area contributed by atoms with E-state index in [1.807, 2.05) is 0 Å². The molecule has 0 aliphatic carbocycles. The predicted molar refractivity (Wildman–Crippen MR) is 68.0 cm³/mol. The smallest absolute Gasteiger partial charge is 0.339 e. The molecule has 6 heteroatoms. The van der Waals surface area contributed by atoms with Gasteiger partial charge in [0.1, 0.15) is 22.9 Å². The molecule has 104 valence electrons. The second-order valence-corrected chi connectivity index (χ2v) is 4.18. The Morgan fingerprint density at radius 1 is 1.30 bits per heavy atom. The summed E-state index contributed by atoms with van der Waals surface area (Å²) in [6.07, 6.45) is 0. The summed E-state index contributed by atoms with van der Waals surface area (Å²) in [5.41, 5.74) is 0.379. The van der Waals surface area contributed by atoms with Crippen LogP contribution in [0.15, 0.2) is 34.7 Å². The van der Waals surface area contributed by atoms with E-state index >= 15 is 0 Å². The van der Waals surface area contributed by atoms with Gasteiger partial charge in [0.25, 0.3) is 5.91 Å². The number of hydrogen-bond donors (Lipinski definition) is 2. The first-order valence-corrected chi connectivity index (χ1v) is 5.83. The number of benzene rings is 1. The van der Waals surface area contributed by atoms with Crippen LogP contribution in [-0.2, 0) is 6.54 Å². The van der Waals surface area contributed by atoms with Crippen molar-refractivity contribution in [3.8, 4) is 0 Å². The molecule has 5 nitrogen and oxygen atoms in total. The molecular formula is C14H12FNO4. The summed E-state index contributed by atoms with van der Waals surface area (Å²) in [6, 6.07) is 6.47. The lowest BCUT2D eigenvalue weighted by Crippen LogP contribution is -2.22. The van der Waals surface area contributed by atoms with Crippen molar-refractivity contribution in [1.29, 1.82) is 0 Å². The zero-order chi connectivity index (χ0) is 14.7. The summed E-state index contributed by atoms with van der Waals surface area (Å²) in [7, 11) is 0. The summed E-state index contributed by atoms with van der Waals surface area (Å²) in [5.74, 6) is -1.27. The van der Waals surface area contributed by atoms with E-state index in [9.17, 15) is 14.0 Å². The van der Waals surface area contributed by atoms with Gasteiger partial charge in [-0.2, -0.15) is 0 Å². The van der Waals surface area contributed by atoms with Crippen LogP contribution >= 0.6 is 0 Å². The summed E-state index contributed by atoms with van der Waals surface area (Å²) < 4.78 is 17.9. The maximum atomic E-state index is 12.7. The summed E-state index contributed by atoms with van der Waals surface area (Å²) in [5, 5.41) is 11.4. The first kappa shape index (κ1) is 13.8. The van der Waals surface area contributed by atoms with Crippen molar-refractivity contribution in [1.82, 2.24) is 5.32 Å². The first-order valence-electron chi connectivity index (χ1n) is 5.83. The molecular weight excluding hydrogens is 265 g/mol. The van der Waals surface area contributed by atoms with Gasteiger partial charge in [-0.25, -0.2) is 9.18 Å². The van der Waals surface area contributed by atoms with Crippen molar-refractivity contribution in [2.45, 2.75) is 13.5 Å². The fraction of sp³-hybridized carbons (Fsp3) is 0.143. The monoisotopic (exact) mass is 277 g/mol. The minimum absolute atomic E-state index is 0.0599. The molecule has 0 unspecified atom stereocenters. The van der Waals surface area contributed by atoms with Crippen LogP contribution in [0, 0.1) is 12.7 Å². The molecule has 20 heavy (non-hydrogen) atoms. The number of aryl methyl sites for hydroxylation is 1. The second-order valence-electron chi connectivity index (χ2n) is 4.18. The van der Waals surface area contributed by atoms with Crippen molar-refractivity contribution in [3.63, 3.8) is 0 Å². The molecule has 2 rings (SSSR count). The number of carbonyl (C=O) groups is 2. The van der Waals surface area contributed by atoms with Gasteiger partial charge in [-0.3, -0.25) is 4.79 Å². The van der Waals surface area contributed by atoms with Crippen LogP contribution < -0.4 is 5.32 Å². The van der Waals surface area contributed by atoms with Crippen LogP contribution in [0.1, 0.15) is 32.2 Å². The normalized spacial score (nSPS) is 10.3. The number of rotatable bonds is 4. The van der Waals surface area contributed by atoms with Crippen molar-refractivity contribution >= 4 is 11.9 Å². The second kappa shape index (κ2) is 5.56. The molecule has 0 spiro atoms. The number of aromatic carboxylic acids is 1. The fourth-order valence-corrected chi connectivity index (χ4v) is 1.71. The Labute approximate surface area is 114 Å². The van der Waals surface area contributed by atoms with Gasteiger partial charge in [-0.1, -0.05) is 0 Å². The van der Waals surface area contributed by atoms with Gasteiger partial charge < -0.3 is 14.8 Å². The lowest BCUT2D eigenvalue weighted by atomic mass is 10.2. The van der Waals surface area contributed by atoms with E-state index in [2.05, 4.69) is 5.32 Å². The number of furan rings is 1. The van der Waals surface area contributed by atoms with Crippen LogP contribution in [-0.4, -0.2) is 17.0 Å². The van der Waals surface area contributed by atoms with E-state index in [1.54, 1.807) is 0 Å². The van der Waals surface area contributed by atoms with Crippen LogP contribution in [0.2, 0.25) is 0 Å². The van der Waals surface area contributed by atoms with Gasteiger partial charge in [0.05, 0.1) is 6.54 Å². The standard InChI is InChI=1S/C14H12FNO4/c1-8-12(14(18)19)6-11(20-8)7-16-13(17)9-2-4-10(15)5-3-9/h2-6H,7H2,1H3,(H,16,17)(H,18,19). The first-order chi connectivity index (χ1) is 9.47. The number of nitrogens with one attached hydrogen (secondary N) is 1. The zero-order valence-electron chi connectivity index (χ0n) is 10.6. The third-order valence-electron chi connectivity index (χ3n) is 2.73. The SMILES string of the molecule is Cc1oc(CNC(=O)c2ccc(F)cc2)cc1C(=O)O. The molecule has 1 aromatic heterocycles. The number of carbonyl (C=O) groups excluding carboxylic acids is 1. The number of hydrogen-bond acceptors (Lipinski definition) is 3. The van der Waals surface area contributed by atoms with Gasteiger partial charge in [0, 0.05) is 5.56 Å². The molecule has 0 atom stereocenters. The maximum Gasteiger partial charge on any atom is 0.339 e. The average molecular weight is 277 g/mol. The topological polar surface area (TPSA) is 79.5 Å². The summed E-state index contributed by atoms with van der Waals surface area (Å²) >= 11 is 0. The minimum Gasteiger partial charge on any atom is -0.478 e. The highest BCUT2D eigenvalue weighted by atomic mass is 19.1. The largest absolute Gasteiger partial charge is 0.478 e. The van der Waals surface area contributed by atoms with Crippen molar-refractivity contribution in [2.75, 3.05) is 0 Å². The summed E-state index contributed by atoms with van der Waals surface area (Å²) in [6.45, 7) is 1.60. The molecule has 0 aliphatic heterocycles. The molecule has 2 aromatic rings. The molecule has 0 fully saturated rings. The van der Waals surface area contributed by atoms with Crippen LogP contribution in [0.4, 0.5) is 4.39 Å². The molecule has 0 bridgehead atoms. The van der Waals surface area contributed by atoms with Crippen molar-refractivity contribution in [2.24, 2.45) is 0 Å². The van der Waals surface area contributed by atoms with E-state index in [0.29, 0.717) is 11.3 Å². The molecule has 1 aromatic carbocycles. The van der Waals surface area contributed by atoms with Gasteiger partial charge >= 0.3 is 5.97 Å². The maximum absolute atomic E-state index is 12.7. The minimum atomic E-state index is -1.08. The molecule has 1 heterocycles. The van der Waals surface area contributed by atoms with Crippen LogP contribution in [0.3, 0.4) is 0 Å². The third-order valence-corrected chi connectivity index (χ3v) is 2.73. The molecule has 0 radical (unpaired) electrons. The molecule has 0 saturated heterocycles. The van der Waals surface area contributed by atoms with Gasteiger partial charge in [-0.05, 0) is 37.3 Å². The average Bonchev–Trinajstić information content (AvgIpc) is 2.78. The Balaban J connectivity index is 2.01. The van der Waals surface area contributed by atoms with E-state index in [-0.39, 0.29) is 17.9 Å². The lowest BCUT2D eigenvalue weighted by molar-refractivity contribution is 0.0694. The predicted octanol–water partition coefficient (Wildman–Crippen LogP) is 2.36. The molecule has 0 aliphatic rings. The van der Waals surface area contributed by atoms with E-state index in [0.717, 1.165) is 0 Å². The highest BCUT2D eigenvalue weighted by Gasteiger charge is 2.14. The van der Waals surface area contributed by atoms with Crippen molar-refractivity contribution in [3.05, 3.63) is 58.8 Å². The van der Waals surface area contributed by atoms with E-state index in [1.165, 1.54) is 37.3 Å². The number of carboxylic acids is 1. The third kappa shape index (κ3) is 3.03. The highest BCUT2D eigenvalue weighted by Crippen LogP contribution is 2.14. The number of carboxylic acid groups (broad SMARTS) is 1. The number of halogens is 1. The molecule has 2 N–H and O–H groups in total. The van der Waals surface area contributed by atoms with E-state index < -0.39 is 17.7 Å². The Kier molecular flexibility index (Phi) is 3.84. The van der Waals surface area contributed by atoms with Gasteiger partial charge in [0.15, 0.2) is 0 Å². The Morgan fingerprint density at radius 2 is 1.95 bits per heavy atom. The van der Waals surface area contributed by atoms with Crippen molar-refractivity contribution < 1.29 is 23.5 Å². The molecule has 1 amide bonds. The zero-order valence-corrected chi connectivity index (χ0v) is 10.6. The highest BCUT2D eigenvalue weighted by molar-refractivity contribution is 5.94. The van der Waals surface area contributed by atoms with Crippen LogP contribution in [0.5, 0.6) is 0 Å². The quantitative estimate of drug-likeness (QED) is 0.899. The Bertz CT molecular complexity index is 646. The fourth-order valence-electron chi connectivity index (χ4n) is 1.71. The molecule has 0 saturated carbocycles. The number of amides is 1. The summed E-state index contributed by atoms with van der Waals surface area (Å²) in [4.78, 5) is 22.6. The van der Waals surface area contributed by atoms with Crippen LogP contribution in [0.25, 0.3) is 0 Å².